The van der Waals surface area contributed by atoms with Crippen LogP contribution in [-0.2, 0) is 4.79 Å². The van der Waals surface area contributed by atoms with E-state index < -0.39 is 12.8 Å². The molecule has 0 spiro atoms. The third-order valence-corrected chi connectivity index (χ3v) is 5.33. The summed E-state index contributed by atoms with van der Waals surface area (Å²) in [5.74, 6) is -0.284. The SMILES string of the molecule is O=C(CSc1nc2ccccc2s1)Nc1ccccc1OCC(F)(F)F. The monoisotopic (exact) mass is 398 g/mol. The molecule has 0 saturated carbocycles. The van der Waals surface area contributed by atoms with Crippen LogP contribution in [0.25, 0.3) is 10.2 Å². The molecule has 4 nitrogen and oxygen atoms in total. The lowest BCUT2D eigenvalue weighted by atomic mass is 10.3. The number of alkyl halides is 3. The highest BCUT2D eigenvalue weighted by Gasteiger charge is 2.28. The Labute approximate surface area is 155 Å². The van der Waals surface area contributed by atoms with Crippen LogP contribution in [0.3, 0.4) is 0 Å². The summed E-state index contributed by atoms with van der Waals surface area (Å²) in [6.07, 6.45) is -4.44. The Hall–Kier alpha value is -2.26. The molecule has 0 radical (unpaired) electrons. The fourth-order valence-electron chi connectivity index (χ4n) is 2.08. The van der Waals surface area contributed by atoms with Crippen LogP contribution in [0.4, 0.5) is 18.9 Å². The van der Waals surface area contributed by atoms with Crippen LogP contribution in [0.1, 0.15) is 0 Å². The first-order valence-corrected chi connectivity index (χ1v) is 9.28. The summed E-state index contributed by atoms with van der Waals surface area (Å²) in [4.78, 5) is 16.5. The van der Waals surface area contributed by atoms with Crippen molar-refractivity contribution in [3.63, 3.8) is 0 Å². The van der Waals surface area contributed by atoms with Gasteiger partial charge in [-0.2, -0.15) is 13.2 Å². The molecule has 26 heavy (non-hydrogen) atoms. The maximum Gasteiger partial charge on any atom is 0.422 e. The van der Waals surface area contributed by atoms with Crippen molar-refractivity contribution < 1.29 is 22.7 Å². The number of carbonyl (C=O) groups is 1. The van der Waals surface area contributed by atoms with Crippen LogP contribution in [-0.4, -0.2) is 29.4 Å². The average molecular weight is 398 g/mol. The Morgan fingerprint density at radius 2 is 1.88 bits per heavy atom. The van der Waals surface area contributed by atoms with Gasteiger partial charge in [0.2, 0.25) is 5.91 Å². The average Bonchev–Trinajstić information content (AvgIpc) is 3.01. The Kier molecular flexibility index (Phi) is 5.67. The van der Waals surface area contributed by atoms with Gasteiger partial charge in [0, 0.05) is 0 Å². The van der Waals surface area contributed by atoms with E-state index in [1.807, 2.05) is 24.3 Å². The van der Waals surface area contributed by atoms with Gasteiger partial charge >= 0.3 is 6.18 Å². The smallest absolute Gasteiger partial charge is 0.422 e. The van der Waals surface area contributed by atoms with Crippen molar-refractivity contribution in [2.24, 2.45) is 0 Å². The van der Waals surface area contributed by atoms with E-state index >= 15 is 0 Å². The second-order valence-electron chi connectivity index (χ2n) is 5.18. The van der Waals surface area contributed by atoms with Gasteiger partial charge < -0.3 is 10.1 Å². The van der Waals surface area contributed by atoms with Gasteiger partial charge in [-0.25, -0.2) is 4.98 Å². The van der Waals surface area contributed by atoms with Crippen molar-refractivity contribution in [1.82, 2.24) is 4.98 Å². The molecule has 136 valence electrons. The Morgan fingerprint density at radius 1 is 1.15 bits per heavy atom. The number of thiazole rings is 1. The Bertz CT molecular complexity index is 879. The highest BCUT2D eigenvalue weighted by atomic mass is 32.2. The van der Waals surface area contributed by atoms with E-state index in [1.165, 1.54) is 41.3 Å². The van der Waals surface area contributed by atoms with Crippen molar-refractivity contribution in [2.75, 3.05) is 17.7 Å². The Balaban J connectivity index is 1.59. The third-order valence-electron chi connectivity index (χ3n) is 3.15. The topological polar surface area (TPSA) is 51.2 Å². The predicted molar refractivity (Wildman–Crippen MR) is 97.0 cm³/mol. The summed E-state index contributed by atoms with van der Waals surface area (Å²) in [7, 11) is 0. The largest absolute Gasteiger partial charge is 0.482 e. The first-order valence-electron chi connectivity index (χ1n) is 7.47. The standard InChI is InChI=1S/C17H13F3N2O2S2/c18-17(19,20)10-24-13-7-3-1-5-11(13)21-15(23)9-25-16-22-12-6-2-4-8-14(12)26-16/h1-8H,9-10H2,(H,21,23). The zero-order valence-electron chi connectivity index (χ0n) is 13.2. The summed E-state index contributed by atoms with van der Waals surface area (Å²) in [6.45, 7) is -1.42. The molecule has 0 unspecified atom stereocenters. The summed E-state index contributed by atoms with van der Waals surface area (Å²) in [6, 6.07) is 13.7. The second-order valence-corrected chi connectivity index (χ2v) is 7.44. The van der Waals surface area contributed by atoms with Crippen molar-refractivity contribution >= 4 is 44.9 Å². The minimum Gasteiger partial charge on any atom is -0.482 e. The van der Waals surface area contributed by atoms with E-state index in [0.717, 1.165) is 14.6 Å². The van der Waals surface area contributed by atoms with Crippen LogP contribution in [0.15, 0.2) is 52.9 Å². The number of para-hydroxylation sites is 3. The minimum atomic E-state index is -4.44. The lowest BCUT2D eigenvalue weighted by Gasteiger charge is -2.13. The predicted octanol–water partition coefficient (Wildman–Crippen LogP) is 4.97. The fraction of sp³-hybridized carbons (Fsp3) is 0.176. The number of ether oxygens (including phenoxy) is 1. The molecule has 1 heterocycles. The van der Waals surface area contributed by atoms with Crippen LogP contribution >= 0.6 is 23.1 Å². The van der Waals surface area contributed by atoms with Gasteiger partial charge in [0.15, 0.2) is 10.9 Å². The molecule has 0 atom stereocenters. The van der Waals surface area contributed by atoms with Crippen molar-refractivity contribution in [2.45, 2.75) is 10.5 Å². The fourth-order valence-corrected chi connectivity index (χ4v) is 3.95. The quantitative estimate of drug-likeness (QED) is 0.596. The molecule has 3 rings (SSSR count). The molecule has 1 amide bonds. The van der Waals surface area contributed by atoms with Gasteiger partial charge in [0.1, 0.15) is 5.75 Å². The van der Waals surface area contributed by atoms with E-state index in [4.69, 9.17) is 4.74 Å². The maximum atomic E-state index is 12.3. The number of amides is 1. The molecule has 0 aliphatic rings. The molecular weight excluding hydrogens is 385 g/mol. The van der Waals surface area contributed by atoms with E-state index in [0.29, 0.717) is 0 Å². The molecule has 9 heteroatoms. The van der Waals surface area contributed by atoms with E-state index in [9.17, 15) is 18.0 Å². The number of nitrogens with one attached hydrogen (secondary N) is 1. The van der Waals surface area contributed by atoms with Gasteiger partial charge in [-0.1, -0.05) is 36.0 Å². The van der Waals surface area contributed by atoms with Gasteiger partial charge in [0.25, 0.3) is 0 Å². The summed E-state index contributed by atoms with van der Waals surface area (Å²) in [5, 5.41) is 2.58. The second kappa shape index (κ2) is 7.96. The number of thioether (sulfide) groups is 1. The van der Waals surface area contributed by atoms with Gasteiger partial charge in [-0.15, -0.1) is 11.3 Å². The zero-order chi connectivity index (χ0) is 18.6. The number of hydrogen-bond donors (Lipinski definition) is 1. The van der Waals surface area contributed by atoms with Crippen LogP contribution in [0.5, 0.6) is 5.75 Å². The first kappa shape index (κ1) is 18.5. The summed E-state index contributed by atoms with van der Waals surface area (Å²) >= 11 is 2.75. The van der Waals surface area contributed by atoms with Crippen molar-refractivity contribution in [1.29, 1.82) is 0 Å². The van der Waals surface area contributed by atoms with E-state index in [-0.39, 0.29) is 23.1 Å². The number of nitrogens with zero attached hydrogens (tertiary/aromatic N) is 1. The molecule has 0 bridgehead atoms. The number of halogens is 3. The van der Waals surface area contributed by atoms with Crippen LogP contribution < -0.4 is 10.1 Å². The van der Waals surface area contributed by atoms with Crippen LogP contribution in [0, 0.1) is 0 Å². The summed E-state index contributed by atoms with van der Waals surface area (Å²) in [5.41, 5.74) is 1.07. The number of benzene rings is 2. The highest BCUT2D eigenvalue weighted by Crippen LogP contribution is 2.30. The lowest BCUT2D eigenvalue weighted by molar-refractivity contribution is -0.153. The van der Waals surface area contributed by atoms with E-state index in [1.54, 1.807) is 6.07 Å². The third kappa shape index (κ3) is 5.12. The molecule has 3 aromatic rings. The molecule has 1 aromatic heterocycles. The van der Waals surface area contributed by atoms with Crippen molar-refractivity contribution in [3.05, 3.63) is 48.5 Å². The molecular formula is C17H13F3N2O2S2. The van der Waals surface area contributed by atoms with Crippen LogP contribution in [0.2, 0.25) is 0 Å². The lowest BCUT2D eigenvalue weighted by Crippen LogP contribution is -2.20. The number of carbonyl (C=O) groups excluding carboxylic acids is 1. The van der Waals surface area contributed by atoms with Gasteiger partial charge in [-0.3, -0.25) is 4.79 Å². The molecule has 0 aliphatic heterocycles. The number of anilines is 1. The zero-order valence-corrected chi connectivity index (χ0v) is 14.9. The summed E-state index contributed by atoms with van der Waals surface area (Å²) < 4.78 is 43.5. The van der Waals surface area contributed by atoms with Gasteiger partial charge in [0.05, 0.1) is 21.7 Å². The number of fused-ring (bicyclic) bond motifs is 1. The Morgan fingerprint density at radius 3 is 2.65 bits per heavy atom. The normalized spacial score (nSPS) is 11.5. The molecule has 0 fully saturated rings. The molecule has 0 saturated heterocycles. The molecule has 2 aromatic carbocycles. The first-order chi connectivity index (χ1) is 12.4. The molecule has 1 N–H and O–H groups in total. The maximum absolute atomic E-state index is 12.3. The molecule has 0 aliphatic carbocycles. The van der Waals surface area contributed by atoms with E-state index in [2.05, 4.69) is 10.3 Å². The minimum absolute atomic E-state index is 0.0248. The highest BCUT2D eigenvalue weighted by molar-refractivity contribution is 8.01. The van der Waals surface area contributed by atoms with Gasteiger partial charge in [-0.05, 0) is 24.3 Å². The number of rotatable bonds is 6. The number of aromatic nitrogens is 1. The van der Waals surface area contributed by atoms with Crippen molar-refractivity contribution in [3.8, 4) is 5.75 Å². The number of hydrogen-bond acceptors (Lipinski definition) is 5.